The van der Waals surface area contributed by atoms with Crippen molar-refractivity contribution in [2.45, 2.75) is 18.9 Å². The van der Waals surface area contributed by atoms with E-state index in [9.17, 15) is 9.90 Å². The van der Waals surface area contributed by atoms with Crippen LogP contribution in [0.15, 0.2) is 28.7 Å². The summed E-state index contributed by atoms with van der Waals surface area (Å²) >= 11 is 3.37. The molecule has 86 valence electrons. The van der Waals surface area contributed by atoms with E-state index in [0.717, 1.165) is 22.9 Å². The van der Waals surface area contributed by atoms with Gasteiger partial charge in [0.1, 0.15) is 0 Å². The molecule has 0 saturated heterocycles. The van der Waals surface area contributed by atoms with Gasteiger partial charge in [0, 0.05) is 10.5 Å². The Bertz CT molecular complexity index is 398. The van der Waals surface area contributed by atoms with Crippen LogP contribution < -0.4 is 5.32 Å². The maximum atomic E-state index is 11.3. The first-order chi connectivity index (χ1) is 7.60. The van der Waals surface area contributed by atoms with Crippen molar-refractivity contribution in [1.82, 2.24) is 5.32 Å². The van der Waals surface area contributed by atoms with Gasteiger partial charge in [-0.3, -0.25) is 4.79 Å². The Hall–Kier alpha value is -0.870. The van der Waals surface area contributed by atoms with Crippen LogP contribution in [-0.4, -0.2) is 18.1 Å². The van der Waals surface area contributed by atoms with Gasteiger partial charge in [0.2, 0.25) is 0 Å². The highest BCUT2D eigenvalue weighted by Crippen LogP contribution is 2.55. The molecule has 0 radical (unpaired) electrons. The van der Waals surface area contributed by atoms with E-state index in [0.29, 0.717) is 0 Å². The molecule has 4 heteroatoms. The Labute approximate surface area is 103 Å². The molecule has 1 atom stereocenters. The van der Waals surface area contributed by atoms with Gasteiger partial charge in [0.05, 0.1) is 5.41 Å². The molecule has 1 unspecified atom stereocenters. The molecule has 1 aliphatic carbocycles. The Morgan fingerprint density at radius 2 is 2.00 bits per heavy atom. The number of hydrogen-bond acceptors (Lipinski definition) is 2. The van der Waals surface area contributed by atoms with Gasteiger partial charge in [-0.1, -0.05) is 28.1 Å². The standard InChI is InChI=1S/C12H14BrNO2/c1-14-10(12(6-7-12)11(15)16)8-2-4-9(13)5-3-8/h2-5,10,14H,6-7H2,1H3,(H,15,16). The largest absolute Gasteiger partial charge is 0.481 e. The highest BCUT2D eigenvalue weighted by molar-refractivity contribution is 9.10. The molecular formula is C12H14BrNO2. The second-order valence-electron chi connectivity index (χ2n) is 4.23. The van der Waals surface area contributed by atoms with Crippen LogP contribution in [0.4, 0.5) is 0 Å². The first kappa shape index (κ1) is 11.6. The monoisotopic (exact) mass is 283 g/mol. The number of hydrogen-bond donors (Lipinski definition) is 2. The molecule has 3 nitrogen and oxygen atoms in total. The Morgan fingerprint density at radius 3 is 2.38 bits per heavy atom. The molecule has 2 N–H and O–H groups in total. The van der Waals surface area contributed by atoms with Gasteiger partial charge in [-0.15, -0.1) is 0 Å². The number of nitrogens with one attached hydrogen (secondary N) is 1. The maximum Gasteiger partial charge on any atom is 0.311 e. The van der Waals surface area contributed by atoms with Crippen LogP contribution in [0.3, 0.4) is 0 Å². The van der Waals surface area contributed by atoms with E-state index in [1.54, 1.807) is 0 Å². The summed E-state index contributed by atoms with van der Waals surface area (Å²) in [6, 6.07) is 7.72. The summed E-state index contributed by atoms with van der Waals surface area (Å²) in [5.41, 5.74) is 0.438. The van der Waals surface area contributed by atoms with E-state index in [2.05, 4.69) is 21.2 Å². The molecule has 0 spiro atoms. The summed E-state index contributed by atoms with van der Waals surface area (Å²) in [6.45, 7) is 0. The van der Waals surface area contributed by atoms with Crippen molar-refractivity contribution in [3.8, 4) is 0 Å². The fourth-order valence-electron chi connectivity index (χ4n) is 2.18. The third kappa shape index (κ3) is 1.87. The predicted octanol–water partition coefficient (Wildman–Crippen LogP) is 2.57. The topological polar surface area (TPSA) is 49.3 Å². The molecule has 1 fully saturated rings. The minimum absolute atomic E-state index is 0.0990. The molecule has 0 aromatic heterocycles. The molecule has 1 aromatic rings. The fraction of sp³-hybridized carbons (Fsp3) is 0.417. The van der Waals surface area contributed by atoms with E-state index in [4.69, 9.17) is 0 Å². The summed E-state index contributed by atoms with van der Waals surface area (Å²) in [5.74, 6) is -0.699. The lowest BCUT2D eigenvalue weighted by Crippen LogP contribution is -2.32. The van der Waals surface area contributed by atoms with Gasteiger partial charge >= 0.3 is 5.97 Å². The van der Waals surface area contributed by atoms with Crippen LogP contribution >= 0.6 is 15.9 Å². The smallest absolute Gasteiger partial charge is 0.311 e. The van der Waals surface area contributed by atoms with Crippen molar-refractivity contribution in [2.24, 2.45) is 5.41 Å². The second-order valence-corrected chi connectivity index (χ2v) is 5.15. The maximum absolute atomic E-state index is 11.3. The first-order valence-electron chi connectivity index (χ1n) is 5.26. The van der Waals surface area contributed by atoms with Crippen molar-refractivity contribution < 1.29 is 9.90 Å². The van der Waals surface area contributed by atoms with Crippen molar-refractivity contribution in [3.63, 3.8) is 0 Å². The van der Waals surface area contributed by atoms with E-state index in [1.807, 2.05) is 31.3 Å². The van der Waals surface area contributed by atoms with Gasteiger partial charge in [0.25, 0.3) is 0 Å². The van der Waals surface area contributed by atoms with E-state index >= 15 is 0 Å². The minimum Gasteiger partial charge on any atom is -0.481 e. The number of carboxylic acids is 1. The Morgan fingerprint density at radius 1 is 1.44 bits per heavy atom. The van der Waals surface area contributed by atoms with Gasteiger partial charge in [-0.2, -0.15) is 0 Å². The predicted molar refractivity (Wildman–Crippen MR) is 65.2 cm³/mol. The van der Waals surface area contributed by atoms with E-state index in [1.165, 1.54) is 0 Å². The summed E-state index contributed by atoms with van der Waals surface area (Å²) in [7, 11) is 1.82. The molecule has 1 saturated carbocycles. The molecule has 0 aliphatic heterocycles. The second kappa shape index (κ2) is 4.18. The van der Waals surface area contributed by atoms with Crippen molar-refractivity contribution >= 4 is 21.9 Å². The normalized spacial score (nSPS) is 19.1. The summed E-state index contributed by atoms with van der Waals surface area (Å²) < 4.78 is 1.01. The van der Waals surface area contributed by atoms with Crippen molar-refractivity contribution in [3.05, 3.63) is 34.3 Å². The summed E-state index contributed by atoms with van der Waals surface area (Å²) in [6.07, 6.45) is 1.51. The lowest BCUT2D eigenvalue weighted by Gasteiger charge is -2.23. The fourth-order valence-corrected chi connectivity index (χ4v) is 2.44. The summed E-state index contributed by atoms with van der Waals surface area (Å²) in [4.78, 5) is 11.3. The number of carboxylic acid groups (broad SMARTS) is 1. The highest BCUT2D eigenvalue weighted by atomic mass is 79.9. The number of rotatable bonds is 4. The zero-order valence-electron chi connectivity index (χ0n) is 9.03. The molecule has 0 bridgehead atoms. The minimum atomic E-state index is -0.699. The molecular weight excluding hydrogens is 270 g/mol. The number of aliphatic carboxylic acids is 1. The SMILES string of the molecule is CNC(c1ccc(Br)cc1)C1(C(=O)O)CC1. The van der Waals surface area contributed by atoms with Crippen LogP contribution in [0.5, 0.6) is 0 Å². The van der Waals surface area contributed by atoms with Gasteiger partial charge in [0.15, 0.2) is 0 Å². The van der Waals surface area contributed by atoms with Crippen LogP contribution in [0.25, 0.3) is 0 Å². The van der Waals surface area contributed by atoms with Crippen LogP contribution in [0.2, 0.25) is 0 Å². The lowest BCUT2D eigenvalue weighted by molar-refractivity contribution is -0.144. The van der Waals surface area contributed by atoms with Crippen molar-refractivity contribution in [2.75, 3.05) is 7.05 Å². The molecule has 2 rings (SSSR count). The van der Waals surface area contributed by atoms with E-state index < -0.39 is 11.4 Å². The van der Waals surface area contributed by atoms with Gasteiger partial charge in [-0.05, 0) is 37.6 Å². The number of benzene rings is 1. The van der Waals surface area contributed by atoms with Crippen LogP contribution in [0, 0.1) is 5.41 Å². The van der Waals surface area contributed by atoms with Crippen LogP contribution in [-0.2, 0) is 4.79 Å². The van der Waals surface area contributed by atoms with Crippen LogP contribution in [0.1, 0.15) is 24.4 Å². The Balaban J connectivity index is 2.30. The van der Waals surface area contributed by atoms with Crippen molar-refractivity contribution in [1.29, 1.82) is 0 Å². The molecule has 16 heavy (non-hydrogen) atoms. The Kier molecular flexibility index (Phi) is 3.04. The highest BCUT2D eigenvalue weighted by Gasteiger charge is 2.56. The number of halogens is 1. The quantitative estimate of drug-likeness (QED) is 0.893. The molecule has 0 amide bonds. The molecule has 0 heterocycles. The van der Waals surface area contributed by atoms with Gasteiger partial charge < -0.3 is 10.4 Å². The molecule has 1 aliphatic rings. The third-order valence-electron chi connectivity index (χ3n) is 3.26. The first-order valence-corrected chi connectivity index (χ1v) is 6.05. The zero-order chi connectivity index (χ0) is 11.8. The lowest BCUT2D eigenvalue weighted by atomic mass is 9.90. The average Bonchev–Trinajstić information content (AvgIpc) is 3.03. The number of carbonyl (C=O) groups is 1. The third-order valence-corrected chi connectivity index (χ3v) is 3.79. The summed E-state index contributed by atoms with van der Waals surface area (Å²) in [5, 5.41) is 12.4. The van der Waals surface area contributed by atoms with E-state index in [-0.39, 0.29) is 6.04 Å². The zero-order valence-corrected chi connectivity index (χ0v) is 10.6. The van der Waals surface area contributed by atoms with Gasteiger partial charge in [-0.25, -0.2) is 0 Å². The average molecular weight is 284 g/mol. The molecule has 1 aromatic carbocycles.